The van der Waals surface area contributed by atoms with E-state index in [2.05, 4.69) is 43.3 Å². The number of ether oxygens (including phenoxy) is 3. The van der Waals surface area contributed by atoms with Gasteiger partial charge in [0.25, 0.3) is 0 Å². The Balaban J connectivity index is 0.00000225. The van der Waals surface area contributed by atoms with E-state index in [9.17, 15) is 0 Å². The van der Waals surface area contributed by atoms with Crippen molar-refractivity contribution in [2.45, 2.75) is 64.8 Å². The molecule has 0 aromatic rings. The molecule has 0 bridgehead atoms. The van der Waals surface area contributed by atoms with Crippen LogP contribution in [-0.2, 0) is 14.2 Å². The molecule has 0 radical (unpaired) electrons. The lowest BCUT2D eigenvalue weighted by atomic mass is 9.57. The Bertz CT molecular complexity index is 455. The number of nitrogens with one attached hydrogen (secondary N) is 2. The Labute approximate surface area is 168 Å². The van der Waals surface area contributed by atoms with Crippen molar-refractivity contribution in [3.8, 4) is 0 Å². The normalized spacial score (nSPS) is 34.6. The molecule has 2 aliphatic heterocycles. The van der Waals surface area contributed by atoms with E-state index < -0.39 is 0 Å². The quantitative estimate of drug-likeness (QED) is 0.356. The minimum Gasteiger partial charge on any atom is -0.379 e. The van der Waals surface area contributed by atoms with Crippen LogP contribution < -0.4 is 10.6 Å². The number of fused-ring (bicyclic) bond motifs is 1. The van der Waals surface area contributed by atoms with Crippen molar-refractivity contribution in [1.82, 2.24) is 10.6 Å². The smallest absolute Gasteiger partial charge is 0.191 e. The summed E-state index contributed by atoms with van der Waals surface area (Å²) in [4.78, 5) is 4.62. The number of rotatable bonds is 6. The van der Waals surface area contributed by atoms with Crippen LogP contribution in [0.15, 0.2) is 4.99 Å². The van der Waals surface area contributed by atoms with Gasteiger partial charge in [-0.2, -0.15) is 0 Å². The largest absolute Gasteiger partial charge is 0.379 e. The van der Waals surface area contributed by atoms with Crippen molar-refractivity contribution < 1.29 is 14.2 Å². The first-order valence-electron chi connectivity index (χ1n) is 9.40. The molecule has 146 valence electrons. The first kappa shape index (κ1) is 21.2. The molecule has 3 aliphatic rings. The van der Waals surface area contributed by atoms with E-state index in [0.717, 1.165) is 45.2 Å². The van der Waals surface area contributed by atoms with Crippen molar-refractivity contribution in [2.24, 2.45) is 16.3 Å². The Morgan fingerprint density at radius 2 is 2.12 bits per heavy atom. The van der Waals surface area contributed by atoms with Crippen LogP contribution >= 0.6 is 24.0 Å². The number of aliphatic imine (C=N–C) groups is 1. The average Bonchev–Trinajstić information content (AvgIpc) is 3.21. The summed E-state index contributed by atoms with van der Waals surface area (Å²) in [5.74, 6) is 1.49. The summed E-state index contributed by atoms with van der Waals surface area (Å²) in [6.07, 6.45) is 2.78. The third-order valence-electron chi connectivity index (χ3n) is 5.56. The van der Waals surface area contributed by atoms with Gasteiger partial charge in [0.15, 0.2) is 5.96 Å². The summed E-state index contributed by atoms with van der Waals surface area (Å²) < 4.78 is 17.1. The molecular weight excluding hydrogens is 433 g/mol. The molecule has 5 unspecified atom stereocenters. The molecule has 25 heavy (non-hydrogen) atoms. The van der Waals surface area contributed by atoms with E-state index in [4.69, 9.17) is 14.2 Å². The van der Waals surface area contributed by atoms with Crippen molar-refractivity contribution in [1.29, 1.82) is 0 Å². The molecule has 0 aromatic heterocycles. The Morgan fingerprint density at radius 3 is 2.80 bits per heavy atom. The molecule has 5 atom stereocenters. The highest BCUT2D eigenvalue weighted by Crippen LogP contribution is 2.52. The third kappa shape index (κ3) is 4.78. The molecule has 0 amide bonds. The fourth-order valence-corrected chi connectivity index (χ4v) is 4.26. The van der Waals surface area contributed by atoms with E-state index >= 15 is 0 Å². The highest BCUT2D eigenvalue weighted by atomic mass is 127. The topological polar surface area (TPSA) is 64.1 Å². The van der Waals surface area contributed by atoms with Gasteiger partial charge in [-0.05, 0) is 26.7 Å². The van der Waals surface area contributed by atoms with E-state index in [1.165, 1.54) is 0 Å². The minimum atomic E-state index is 0. The summed E-state index contributed by atoms with van der Waals surface area (Å²) in [5, 5.41) is 7.14. The maximum absolute atomic E-state index is 5.91. The van der Waals surface area contributed by atoms with Crippen LogP contribution in [0.4, 0.5) is 0 Å². The second-order valence-corrected chi connectivity index (χ2v) is 7.87. The van der Waals surface area contributed by atoms with Gasteiger partial charge in [0, 0.05) is 43.2 Å². The molecule has 6 nitrogen and oxygen atoms in total. The first-order valence-corrected chi connectivity index (χ1v) is 9.40. The highest BCUT2D eigenvalue weighted by molar-refractivity contribution is 14.0. The zero-order valence-corrected chi connectivity index (χ0v) is 18.2. The summed E-state index contributed by atoms with van der Waals surface area (Å²) in [6.45, 7) is 12.6. The Kier molecular flexibility index (Phi) is 7.79. The monoisotopic (exact) mass is 467 g/mol. The molecule has 7 heteroatoms. The van der Waals surface area contributed by atoms with E-state index in [0.29, 0.717) is 24.7 Å². The summed E-state index contributed by atoms with van der Waals surface area (Å²) in [5.41, 5.74) is 0.151. The number of nitrogens with zero attached hydrogens (tertiary/aromatic N) is 1. The fourth-order valence-electron chi connectivity index (χ4n) is 4.26. The lowest BCUT2D eigenvalue weighted by molar-refractivity contribution is -0.106. The van der Waals surface area contributed by atoms with Crippen molar-refractivity contribution >= 4 is 29.9 Å². The maximum Gasteiger partial charge on any atom is 0.191 e. The molecule has 0 aromatic carbocycles. The molecule has 0 spiro atoms. The van der Waals surface area contributed by atoms with Crippen LogP contribution in [0.3, 0.4) is 0 Å². The number of hydrogen-bond acceptors (Lipinski definition) is 4. The van der Waals surface area contributed by atoms with Gasteiger partial charge in [0.2, 0.25) is 0 Å². The molecular formula is C18H34IN3O3. The van der Waals surface area contributed by atoms with Gasteiger partial charge in [0.05, 0.1) is 25.4 Å². The second kappa shape index (κ2) is 9.19. The molecule has 1 aliphatic carbocycles. The van der Waals surface area contributed by atoms with E-state index in [1.54, 1.807) is 0 Å². The molecule has 2 saturated heterocycles. The van der Waals surface area contributed by atoms with E-state index in [-0.39, 0.29) is 41.5 Å². The van der Waals surface area contributed by atoms with Crippen LogP contribution in [0.5, 0.6) is 0 Å². The summed E-state index contributed by atoms with van der Waals surface area (Å²) in [6, 6.07) is 0.626. The Hall–Kier alpha value is -0.120. The van der Waals surface area contributed by atoms with Gasteiger partial charge in [-0.1, -0.05) is 13.8 Å². The number of halogens is 1. The lowest BCUT2D eigenvalue weighted by Crippen LogP contribution is -2.68. The zero-order valence-electron chi connectivity index (χ0n) is 15.9. The number of hydrogen-bond donors (Lipinski definition) is 2. The standard InChI is InChI=1S/C18H33N3O3.HI/c1-5-19-17(20-12(2)10-24-13-6-8-22-11-13)21-15-14-7-9-23-16(14)18(15,3)4;/h12-16H,5-11H2,1-4H3,(H2,19,20,21);1H. The van der Waals surface area contributed by atoms with Crippen molar-refractivity contribution in [3.05, 3.63) is 0 Å². The summed E-state index contributed by atoms with van der Waals surface area (Å²) in [7, 11) is 0. The van der Waals surface area contributed by atoms with Gasteiger partial charge >= 0.3 is 0 Å². The summed E-state index contributed by atoms with van der Waals surface area (Å²) >= 11 is 0. The predicted octanol–water partition coefficient (Wildman–Crippen LogP) is 2.17. The number of guanidine groups is 1. The van der Waals surface area contributed by atoms with Gasteiger partial charge < -0.3 is 24.8 Å². The SMILES string of the molecule is CCN=C(NC(C)COC1CCOC1)NC1C2CCOC2C1(C)C.I. The third-order valence-corrected chi connectivity index (χ3v) is 5.56. The molecule has 3 rings (SSSR count). The van der Waals surface area contributed by atoms with Crippen LogP contribution in [0.1, 0.15) is 40.5 Å². The second-order valence-electron chi connectivity index (χ2n) is 7.87. The van der Waals surface area contributed by atoms with Crippen LogP contribution in [0, 0.1) is 11.3 Å². The van der Waals surface area contributed by atoms with Crippen molar-refractivity contribution in [2.75, 3.05) is 33.0 Å². The van der Waals surface area contributed by atoms with Gasteiger partial charge in [-0.25, -0.2) is 0 Å². The maximum atomic E-state index is 5.91. The molecule has 3 fully saturated rings. The van der Waals surface area contributed by atoms with Gasteiger partial charge in [0.1, 0.15) is 0 Å². The van der Waals surface area contributed by atoms with Crippen LogP contribution in [0.2, 0.25) is 0 Å². The zero-order chi connectivity index (χ0) is 17.2. The van der Waals surface area contributed by atoms with E-state index in [1.807, 2.05) is 0 Å². The van der Waals surface area contributed by atoms with Gasteiger partial charge in [-0.3, -0.25) is 4.99 Å². The lowest BCUT2D eigenvalue weighted by Gasteiger charge is -2.55. The predicted molar refractivity (Wildman–Crippen MR) is 110 cm³/mol. The highest BCUT2D eigenvalue weighted by Gasteiger charge is 2.59. The van der Waals surface area contributed by atoms with Crippen LogP contribution in [-0.4, -0.2) is 63.2 Å². The fraction of sp³-hybridized carbons (Fsp3) is 0.944. The average molecular weight is 467 g/mol. The molecule has 1 saturated carbocycles. The first-order chi connectivity index (χ1) is 11.5. The molecule has 2 N–H and O–H groups in total. The Morgan fingerprint density at radius 1 is 1.32 bits per heavy atom. The minimum absolute atomic E-state index is 0. The van der Waals surface area contributed by atoms with Gasteiger partial charge in [-0.15, -0.1) is 24.0 Å². The van der Waals surface area contributed by atoms with Crippen LogP contribution in [0.25, 0.3) is 0 Å². The molecule has 2 heterocycles. The van der Waals surface area contributed by atoms with Crippen molar-refractivity contribution in [3.63, 3.8) is 0 Å².